The summed E-state index contributed by atoms with van der Waals surface area (Å²) < 4.78 is 13.7. The predicted molar refractivity (Wildman–Crippen MR) is 65.5 cm³/mol. The summed E-state index contributed by atoms with van der Waals surface area (Å²) >= 11 is 0. The molecule has 90 valence electrons. The topological polar surface area (TPSA) is 29.3 Å². The van der Waals surface area contributed by atoms with Gasteiger partial charge in [0, 0.05) is 18.7 Å². The Labute approximate surface area is 97.3 Å². The van der Waals surface area contributed by atoms with Crippen molar-refractivity contribution in [2.45, 2.75) is 33.4 Å². The Balaban J connectivity index is 2.72. The van der Waals surface area contributed by atoms with Gasteiger partial charge in [-0.2, -0.15) is 0 Å². The van der Waals surface area contributed by atoms with E-state index in [9.17, 15) is 4.39 Å². The molecule has 1 aromatic carbocycles. The smallest absolute Gasteiger partial charge is 0.128 e. The molecule has 0 radical (unpaired) electrons. The van der Waals surface area contributed by atoms with E-state index in [1.165, 1.54) is 6.07 Å². The van der Waals surface area contributed by atoms with Crippen LogP contribution in [-0.2, 0) is 13.1 Å². The maximum atomic E-state index is 13.7. The third-order valence-electron chi connectivity index (χ3n) is 2.73. The van der Waals surface area contributed by atoms with Crippen LogP contribution < -0.4 is 5.73 Å². The minimum absolute atomic E-state index is 0.141. The zero-order valence-corrected chi connectivity index (χ0v) is 10.2. The van der Waals surface area contributed by atoms with Gasteiger partial charge < -0.3 is 5.73 Å². The molecular formula is C13H21FN2. The third-order valence-corrected chi connectivity index (χ3v) is 2.73. The first-order valence-electron chi connectivity index (χ1n) is 5.91. The molecule has 16 heavy (non-hydrogen) atoms. The highest BCUT2D eigenvalue weighted by molar-refractivity contribution is 5.24. The van der Waals surface area contributed by atoms with Gasteiger partial charge in [0.05, 0.1) is 0 Å². The molecule has 0 amide bonds. The van der Waals surface area contributed by atoms with Crippen molar-refractivity contribution in [1.29, 1.82) is 0 Å². The van der Waals surface area contributed by atoms with Gasteiger partial charge in [-0.05, 0) is 31.1 Å². The molecular weight excluding hydrogens is 203 g/mol. The summed E-state index contributed by atoms with van der Waals surface area (Å²) in [5.41, 5.74) is 7.07. The molecule has 0 aliphatic carbocycles. The van der Waals surface area contributed by atoms with E-state index in [4.69, 9.17) is 5.73 Å². The second-order valence-electron chi connectivity index (χ2n) is 4.00. The monoisotopic (exact) mass is 224 g/mol. The molecule has 3 heteroatoms. The highest BCUT2D eigenvalue weighted by Crippen LogP contribution is 2.13. The van der Waals surface area contributed by atoms with Crippen molar-refractivity contribution in [2.75, 3.05) is 13.1 Å². The molecule has 0 bridgehead atoms. The van der Waals surface area contributed by atoms with Crippen LogP contribution >= 0.6 is 0 Å². The van der Waals surface area contributed by atoms with Crippen LogP contribution in [0, 0.1) is 5.82 Å². The second-order valence-corrected chi connectivity index (χ2v) is 4.00. The van der Waals surface area contributed by atoms with Crippen LogP contribution in [0.1, 0.15) is 31.4 Å². The largest absolute Gasteiger partial charge is 0.326 e. The van der Waals surface area contributed by atoms with Gasteiger partial charge in [0.15, 0.2) is 0 Å². The molecule has 2 nitrogen and oxygen atoms in total. The van der Waals surface area contributed by atoms with Gasteiger partial charge in [-0.15, -0.1) is 0 Å². The van der Waals surface area contributed by atoms with E-state index in [-0.39, 0.29) is 5.82 Å². The van der Waals surface area contributed by atoms with Gasteiger partial charge in [0.2, 0.25) is 0 Å². The number of nitrogens with two attached hydrogens (primary N) is 1. The zero-order chi connectivity index (χ0) is 12.0. The van der Waals surface area contributed by atoms with Crippen LogP contribution in [0.2, 0.25) is 0 Å². The summed E-state index contributed by atoms with van der Waals surface area (Å²) in [5, 5.41) is 0. The molecule has 0 saturated carbocycles. The maximum absolute atomic E-state index is 13.7. The fourth-order valence-corrected chi connectivity index (χ4v) is 1.75. The first kappa shape index (κ1) is 13.1. The normalized spacial score (nSPS) is 11.1. The lowest BCUT2D eigenvalue weighted by Crippen LogP contribution is -2.24. The van der Waals surface area contributed by atoms with Crippen molar-refractivity contribution < 1.29 is 4.39 Å². The Morgan fingerprint density at radius 3 is 2.56 bits per heavy atom. The van der Waals surface area contributed by atoms with Gasteiger partial charge in [-0.3, -0.25) is 4.90 Å². The highest BCUT2D eigenvalue weighted by atomic mass is 19.1. The van der Waals surface area contributed by atoms with Crippen molar-refractivity contribution in [3.05, 3.63) is 35.1 Å². The molecule has 0 aromatic heterocycles. The van der Waals surface area contributed by atoms with E-state index in [2.05, 4.69) is 18.7 Å². The summed E-state index contributed by atoms with van der Waals surface area (Å²) in [6.45, 7) is 7.27. The molecule has 0 aliphatic rings. The van der Waals surface area contributed by atoms with Crippen molar-refractivity contribution in [3.8, 4) is 0 Å². The van der Waals surface area contributed by atoms with E-state index >= 15 is 0 Å². The second kappa shape index (κ2) is 6.61. The number of hydrogen-bond donors (Lipinski definition) is 1. The number of rotatable bonds is 6. The molecule has 0 fully saturated rings. The van der Waals surface area contributed by atoms with Crippen LogP contribution in [0.25, 0.3) is 0 Å². The number of benzene rings is 1. The van der Waals surface area contributed by atoms with Crippen molar-refractivity contribution in [3.63, 3.8) is 0 Å². The first-order chi connectivity index (χ1) is 7.71. The minimum Gasteiger partial charge on any atom is -0.326 e. The van der Waals surface area contributed by atoms with Gasteiger partial charge >= 0.3 is 0 Å². The lowest BCUT2D eigenvalue weighted by molar-refractivity contribution is 0.276. The van der Waals surface area contributed by atoms with Crippen molar-refractivity contribution in [1.82, 2.24) is 4.90 Å². The third kappa shape index (κ3) is 3.58. The van der Waals surface area contributed by atoms with Gasteiger partial charge in [-0.25, -0.2) is 4.39 Å². The van der Waals surface area contributed by atoms with Crippen LogP contribution in [0.3, 0.4) is 0 Å². The summed E-state index contributed by atoms with van der Waals surface area (Å²) in [4.78, 5) is 2.24. The quantitative estimate of drug-likeness (QED) is 0.804. The van der Waals surface area contributed by atoms with Gasteiger partial charge in [0.25, 0.3) is 0 Å². The summed E-state index contributed by atoms with van der Waals surface area (Å²) in [5.74, 6) is -0.141. The van der Waals surface area contributed by atoms with E-state index in [1.54, 1.807) is 0 Å². The Hall–Kier alpha value is -0.930. The van der Waals surface area contributed by atoms with Crippen molar-refractivity contribution in [2.24, 2.45) is 5.73 Å². The lowest BCUT2D eigenvalue weighted by Gasteiger charge is -2.20. The molecule has 0 unspecified atom stereocenters. The van der Waals surface area contributed by atoms with Gasteiger partial charge in [-0.1, -0.05) is 26.0 Å². The standard InChI is InChI=1S/C13H21FN2/c1-3-7-16(4-2)10-12-6-5-11(9-15)8-13(12)14/h5-6,8H,3-4,7,9-10,15H2,1-2H3. The predicted octanol–water partition coefficient (Wildman–Crippen LogP) is 2.52. The Bertz CT molecular complexity index is 326. The SMILES string of the molecule is CCCN(CC)Cc1ccc(CN)cc1F. The fraction of sp³-hybridized carbons (Fsp3) is 0.538. The van der Waals surface area contributed by atoms with Crippen LogP contribution in [0.5, 0.6) is 0 Å². The average molecular weight is 224 g/mol. The van der Waals surface area contributed by atoms with E-state index in [0.717, 1.165) is 30.6 Å². The molecule has 0 heterocycles. The fourth-order valence-electron chi connectivity index (χ4n) is 1.75. The molecule has 2 N–H and O–H groups in total. The number of hydrogen-bond acceptors (Lipinski definition) is 2. The summed E-state index contributed by atoms with van der Waals surface area (Å²) in [7, 11) is 0. The minimum atomic E-state index is -0.141. The van der Waals surface area contributed by atoms with E-state index in [1.807, 2.05) is 12.1 Å². The zero-order valence-electron chi connectivity index (χ0n) is 10.2. The molecule has 0 aliphatic heterocycles. The van der Waals surface area contributed by atoms with Crippen molar-refractivity contribution >= 4 is 0 Å². The number of nitrogens with zero attached hydrogens (tertiary/aromatic N) is 1. The molecule has 1 rings (SSSR count). The Morgan fingerprint density at radius 1 is 1.31 bits per heavy atom. The number of halogens is 1. The Kier molecular flexibility index (Phi) is 5.43. The first-order valence-corrected chi connectivity index (χ1v) is 5.91. The summed E-state index contributed by atoms with van der Waals surface area (Å²) in [6.07, 6.45) is 1.09. The highest BCUT2D eigenvalue weighted by Gasteiger charge is 2.07. The molecule has 1 aromatic rings. The van der Waals surface area contributed by atoms with Crippen LogP contribution in [-0.4, -0.2) is 18.0 Å². The summed E-state index contributed by atoms with van der Waals surface area (Å²) in [6, 6.07) is 5.28. The lowest BCUT2D eigenvalue weighted by atomic mass is 10.1. The van der Waals surface area contributed by atoms with Crippen LogP contribution in [0.4, 0.5) is 4.39 Å². The van der Waals surface area contributed by atoms with Crippen LogP contribution in [0.15, 0.2) is 18.2 Å². The average Bonchev–Trinajstić information content (AvgIpc) is 2.30. The molecule has 0 saturated heterocycles. The maximum Gasteiger partial charge on any atom is 0.128 e. The van der Waals surface area contributed by atoms with Gasteiger partial charge in [0.1, 0.15) is 5.82 Å². The van der Waals surface area contributed by atoms with E-state index < -0.39 is 0 Å². The van der Waals surface area contributed by atoms with E-state index in [0.29, 0.717) is 13.1 Å². The molecule has 0 atom stereocenters. The molecule has 0 spiro atoms. The Morgan fingerprint density at radius 2 is 2.06 bits per heavy atom.